The van der Waals surface area contributed by atoms with Gasteiger partial charge in [0.05, 0.1) is 17.3 Å². The van der Waals surface area contributed by atoms with Crippen LogP contribution in [0.1, 0.15) is 13.3 Å². The Labute approximate surface area is 121 Å². The van der Waals surface area contributed by atoms with Gasteiger partial charge in [-0.15, -0.1) is 11.8 Å². The number of nitro benzene ring substituents is 1. The Morgan fingerprint density at radius 3 is 2.50 bits per heavy atom. The van der Waals surface area contributed by atoms with Gasteiger partial charge in [-0.05, 0) is 18.6 Å². The molecule has 1 rings (SSSR count). The van der Waals surface area contributed by atoms with Gasteiger partial charge in [0.1, 0.15) is 0 Å². The highest BCUT2D eigenvalue weighted by molar-refractivity contribution is 8.00. The van der Waals surface area contributed by atoms with Crippen LogP contribution in [-0.2, 0) is 4.79 Å². The van der Waals surface area contributed by atoms with Gasteiger partial charge in [0.2, 0.25) is 5.91 Å². The summed E-state index contributed by atoms with van der Waals surface area (Å²) in [5, 5.41) is 19.4. The molecule has 0 unspecified atom stereocenters. The van der Waals surface area contributed by atoms with E-state index in [1.807, 2.05) is 6.92 Å². The molecule has 0 saturated heterocycles. The molecule has 1 aromatic rings. The van der Waals surface area contributed by atoms with Crippen LogP contribution in [0, 0.1) is 10.1 Å². The van der Waals surface area contributed by atoms with E-state index in [1.165, 1.54) is 23.9 Å². The summed E-state index contributed by atoms with van der Waals surface area (Å²) >= 11 is 1.33. The lowest BCUT2D eigenvalue weighted by Crippen LogP contribution is -2.35. The fourth-order valence-electron chi connectivity index (χ4n) is 1.65. The molecule has 0 aromatic heterocycles. The maximum absolute atomic E-state index is 12.0. The van der Waals surface area contributed by atoms with Gasteiger partial charge in [0.25, 0.3) is 5.69 Å². The number of nitro groups is 1. The average Bonchev–Trinajstić information content (AvgIpc) is 2.45. The number of rotatable bonds is 8. The van der Waals surface area contributed by atoms with Crippen molar-refractivity contribution in [3.05, 3.63) is 34.4 Å². The molecule has 0 heterocycles. The van der Waals surface area contributed by atoms with Crippen molar-refractivity contribution in [3.8, 4) is 0 Å². The Balaban J connectivity index is 2.52. The lowest BCUT2D eigenvalue weighted by atomic mass is 10.3. The second-order valence-corrected chi connectivity index (χ2v) is 5.19. The largest absolute Gasteiger partial charge is 0.395 e. The normalized spacial score (nSPS) is 10.3. The van der Waals surface area contributed by atoms with Crippen LogP contribution in [0.3, 0.4) is 0 Å². The van der Waals surface area contributed by atoms with E-state index in [1.54, 1.807) is 17.0 Å². The lowest BCUT2D eigenvalue weighted by molar-refractivity contribution is -0.384. The highest BCUT2D eigenvalue weighted by atomic mass is 32.2. The molecule has 110 valence electrons. The fraction of sp³-hybridized carbons (Fsp3) is 0.462. The van der Waals surface area contributed by atoms with Crippen LogP contribution < -0.4 is 0 Å². The van der Waals surface area contributed by atoms with Gasteiger partial charge in [0.15, 0.2) is 0 Å². The molecule has 0 saturated carbocycles. The predicted octanol–water partition coefficient (Wildman–Crippen LogP) is 1.92. The van der Waals surface area contributed by atoms with E-state index in [0.717, 1.165) is 11.3 Å². The highest BCUT2D eigenvalue weighted by Gasteiger charge is 2.12. The standard InChI is InChI=1S/C13H18N2O4S/c1-2-7-14(8-9-16)13(17)10-20-12-5-3-11(4-6-12)15(18)19/h3-6,16H,2,7-10H2,1H3. The third-order valence-corrected chi connectivity index (χ3v) is 3.62. The number of thioether (sulfide) groups is 1. The maximum Gasteiger partial charge on any atom is 0.269 e. The van der Waals surface area contributed by atoms with E-state index in [0.29, 0.717) is 13.1 Å². The van der Waals surface area contributed by atoms with Gasteiger partial charge in [-0.25, -0.2) is 0 Å². The van der Waals surface area contributed by atoms with Crippen LogP contribution >= 0.6 is 11.8 Å². The number of non-ortho nitro benzene ring substituents is 1. The summed E-state index contributed by atoms with van der Waals surface area (Å²) in [6, 6.07) is 6.10. The number of carbonyl (C=O) groups is 1. The van der Waals surface area contributed by atoms with Gasteiger partial charge in [-0.1, -0.05) is 6.92 Å². The van der Waals surface area contributed by atoms with Crippen LogP contribution in [0.15, 0.2) is 29.2 Å². The molecule has 1 aromatic carbocycles. The van der Waals surface area contributed by atoms with Crippen LogP contribution in [0.25, 0.3) is 0 Å². The first-order valence-electron chi connectivity index (χ1n) is 6.34. The summed E-state index contributed by atoms with van der Waals surface area (Å²) in [6.45, 7) is 2.89. The molecule has 1 amide bonds. The van der Waals surface area contributed by atoms with Crippen LogP contribution in [0.5, 0.6) is 0 Å². The summed E-state index contributed by atoms with van der Waals surface area (Å²) < 4.78 is 0. The number of carbonyl (C=O) groups excluding carboxylic acids is 1. The third kappa shape index (κ3) is 5.18. The number of hydrogen-bond donors (Lipinski definition) is 1. The third-order valence-electron chi connectivity index (χ3n) is 2.63. The van der Waals surface area contributed by atoms with E-state index in [9.17, 15) is 14.9 Å². The lowest BCUT2D eigenvalue weighted by Gasteiger charge is -2.20. The molecule has 0 bridgehead atoms. The van der Waals surface area contributed by atoms with Crippen LogP contribution in [-0.4, -0.2) is 46.3 Å². The molecule has 0 radical (unpaired) electrons. The Morgan fingerprint density at radius 2 is 2.00 bits per heavy atom. The fourth-order valence-corrected chi connectivity index (χ4v) is 2.45. The predicted molar refractivity (Wildman–Crippen MR) is 77.8 cm³/mol. The average molecular weight is 298 g/mol. The van der Waals surface area contributed by atoms with E-state index >= 15 is 0 Å². The summed E-state index contributed by atoms with van der Waals surface area (Å²) in [5.41, 5.74) is 0.0357. The van der Waals surface area contributed by atoms with Crippen LogP contribution in [0.4, 0.5) is 5.69 Å². The molecule has 20 heavy (non-hydrogen) atoms. The van der Waals surface area contributed by atoms with Gasteiger partial charge in [-0.3, -0.25) is 14.9 Å². The number of amides is 1. The Bertz CT molecular complexity index is 444. The number of benzene rings is 1. The zero-order valence-corrected chi connectivity index (χ0v) is 12.1. The summed E-state index contributed by atoms with van der Waals surface area (Å²) in [4.78, 5) is 24.5. The number of aliphatic hydroxyl groups is 1. The number of hydrogen-bond acceptors (Lipinski definition) is 5. The molecule has 0 aliphatic heterocycles. The van der Waals surface area contributed by atoms with Gasteiger partial charge in [-0.2, -0.15) is 0 Å². The first-order chi connectivity index (χ1) is 9.58. The van der Waals surface area contributed by atoms with Crippen LogP contribution in [0.2, 0.25) is 0 Å². The first kappa shape index (κ1) is 16.5. The molecule has 1 N–H and O–H groups in total. The van der Waals surface area contributed by atoms with E-state index in [4.69, 9.17) is 5.11 Å². The van der Waals surface area contributed by atoms with Crippen molar-refractivity contribution < 1.29 is 14.8 Å². The molecule has 0 aliphatic rings. The minimum atomic E-state index is -0.455. The zero-order chi connectivity index (χ0) is 15.0. The van der Waals surface area contributed by atoms with Crippen molar-refractivity contribution >= 4 is 23.4 Å². The Kier molecular flexibility index (Phi) is 7.03. The molecule has 6 nitrogen and oxygen atoms in total. The summed E-state index contributed by atoms with van der Waals surface area (Å²) in [7, 11) is 0. The van der Waals surface area contributed by atoms with Crippen molar-refractivity contribution in [2.75, 3.05) is 25.4 Å². The number of aliphatic hydroxyl groups excluding tert-OH is 1. The van der Waals surface area contributed by atoms with Gasteiger partial charge < -0.3 is 10.0 Å². The smallest absolute Gasteiger partial charge is 0.269 e. The van der Waals surface area contributed by atoms with Crippen molar-refractivity contribution in [1.29, 1.82) is 0 Å². The topological polar surface area (TPSA) is 83.7 Å². The minimum absolute atomic E-state index is 0.0357. The second-order valence-electron chi connectivity index (χ2n) is 4.14. The van der Waals surface area contributed by atoms with Gasteiger partial charge in [0, 0.05) is 30.1 Å². The van der Waals surface area contributed by atoms with Gasteiger partial charge >= 0.3 is 0 Å². The minimum Gasteiger partial charge on any atom is -0.395 e. The van der Waals surface area contributed by atoms with Crippen molar-refractivity contribution in [2.24, 2.45) is 0 Å². The summed E-state index contributed by atoms with van der Waals surface area (Å²) in [5.74, 6) is 0.224. The van der Waals surface area contributed by atoms with Crippen molar-refractivity contribution in [3.63, 3.8) is 0 Å². The zero-order valence-electron chi connectivity index (χ0n) is 11.3. The molecule has 0 spiro atoms. The Morgan fingerprint density at radius 1 is 1.35 bits per heavy atom. The number of nitrogens with zero attached hydrogens (tertiary/aromatic N) is 2. The van der Waals surface area contributed by atoms with Crippen molar-refractivity contribution in [1.82, 2.24) is 4.90 Å². The molecule has 0 atom stereocenters. The molecular weight excluding hydrogens is 280 g/mol. The van der Waals surface area contributed by atoms with E-state index in [-0.39, 0.29) is 24.0 Å². The first-order valence-corrected chi connectivity index (χ1v) is 7.33. The quantitative estimate of drug-likeness (QED) is 0.450. The molecule has 0 fully saturated rings. The Hall–Kier alpha value is -1.60. The van der Waals surface area contributed by atoms with E-state index in [2.05, 4.69) is 0 Å². The molecule has 0 aliphatic carbocycles. The molecule has 7 heteroatoms. The SMILES string of the molecule is CCCN(CCO)C(=O)CSc1ccc([N+](=O)[O-])cc1. The van der Waals surface area contributed by atoms with Crippen molar-refractivity contribution in [2.45, 2.75) is 18.2 Å². The molecular formula is C13H18N2O4S. The monoisotopic (exact) mass is 298 g/mol. The highest BCUT2D eigenvalue weighted by Crippen LogP contribution is 2.21. The van der Waals surface area contributed by atoms with E-state index < -0.39 is 4.92 Å². The maximum atomic E-state index is 12.0. The second kappa shape index (κ2) is 8.55. The summed E-state index contributed by atoms with van der Waals surface area (Å²) in [6.07, 6.45) is 0.841.